The third-order valence-corrected chi connectivity index (χ3v) is 2.64. The van der Waals surface area contributed by atoms with E-state index in [9.17, 15) is 0 Å². The SMILES string of the molecule is Cc1ccc(-c2cn(C3CNC3)nn2)o1. The van der Waals surface area contributed by atoms with Crippen LogP contribution in [0.2, 0.25) is 0 Å². The maximum atomic E-state index is 5.48. The third kappa shape index (κ3) is 1.45. The molecule has 3 rings (SSSR count). The largest absolute Gasteiger partial charge is 0.460 e. The molecule has 0 spiro atoms. The molecule has 1 aliphatic rings. The van der Waals surface area contributed by atoms with Gasteiger partial charge in [-0.1, -0.05) is 5.21 Å². The molecule has 1 saturated heterocycles. The van der Waals surface area contributed by atoms with E-state index >= 15 is 0 Å². The Balaban J connectivity index is 1.89. The van der Waals surface area contributed by atoms with E-state index in [0.29, 0.717) is 6.04 Å². The lowest BCUT2D eigenvalue weighted by atomic mass is 10.2. The molecule has 1 fully saturated rings. The smallest absolute Gasteiger partial charge is 0.156 e. The van der Waals surface area contributed by atoms with Crippen LogP contribution in [0.3, 0.4) is 0 Å². The summed E-state index contributed by atoms with van der Waals surface area (Å²) < 4.78 is 7.38. The molecule has 2 aromatic rings. The van der Waals surface area contributed by atoms with Crippen LogP contribution in [0, 0.1) is 6.92 Å². The summed E-state index contributed by atoms with van der Waals surface area (Å²) in [5.41, 5.74) is 0.801. The Morgan fingerprint density at radius 2 is 2.33 bits per heavy atom. The fourth-order valence-electron chi connectivity index (χ4n) is 1.60. The van der Waals surface area contributed by atoms with Crippen molar-refractivity contribution in [3.8, 4) is 11.5 Å². The first-order valence-corrected chi connectivity index (χ1v) is 5.02. The molecule has 0 unspecified atom stereocenters. The molecule has 3 heterocycles. The highest BCUT2D eigenvalue weighted by Gasteiger charge is 2.20. The molecule has 0 bridgehead atoms. The van der Waals surface area contributed by atoms with E-state index in [-0.39, 0.29) is 0 Å². The van der Waals surface area contributed by atoms with Crippen LogP contribution in [-0.2, 0) is 0 Å². The summed E-state index contributed by atoms with van der Waals surface area (Å²) in [4.78, 5) is 0. The first-order chi connectivity index (χ1) is 7.33. The predicted octanol–water partition coefficient (Wildman–Crippen LogP) is 0.991. The topological polar surface area (TPSA) is 55.9 Å². The first kappa shape index (κ1) is 8.67. The Bertz CT molecular complexity index is 469. The quantitative estimate of drug-likeness (QED) is 0.792. The Kier molecular flexibility index (Phi) is 1.85. The number of aryl methyl sites for hydroxylation is 1. The van der Waals surface area contributed by atoms with Crippen LogP contribution in [0.15, 0.2) is 22.7 Å². The number of furan rings is 1. The third-order valence-electron chi connectivity index (χ3n) is 2.64. The molecular weight excluding hydrogens is 192 g/mol. The molecule has 15 heavy (non-hydrogen) atoms. The summed E-state index contributed by atoms with van der Waals surface area (Å²) in [5.74, 6) is 1.68. The highest BCUT2D eigenvalue weighted by molar-refractivity contribution is 5.50. The lowest BCUT2D eigenvalue weighted by Crippen LogP contribution is -2.43. The Morgan fingerprint density at radius 3 is 2.93 bits per heavy atom. The lowest BCUT2D eigenvalue weighted by molar-refractivity contribution is 0.313. The number of rotatable bonds is 2. The van der Waals surface area contributed by atoms with Gasteiger partial charge in [-0.15, -0.1) is 5.10 Å². The van der Waals surface area contributed by atoms with Crippen LogP contribution >= 0.6 is 0 Å². The van der Waals surface area contributed by atoms with Gasteiger partial charge in [-0.05, 0) is 19.1 Å². The van der Waals surface area contributed by atoms with Crippen LogP contribution in [-0.4, -0.2) is 28.1 Å². The minimum absolute atomic E-state index is 0.447. The zero-order chi connectivity index (χ0) is 10.3. The van der Waals surface area contributed by atoms with Crippen LogP contribution in [0.25, 0.3) is 11.5 Å². The van der Waals surface area contributed by atoms with Crippen LogP contribution < -0.4 is 5.32 Å². The minimum Gasteiger partial charge on any atom is -0.460 e. The van der Waals surface area contributed by atoms with Gasteiger partial charge in [0.1, 0.15) is 11.5 Å². The van der Waals surface area contributed by atoms with Gasteiger partial charge in [0.05, 0.1) is 12.2 Å². The molecule has 0 saturated carbocycles. The van der Waals surface area contributed by atoms with Crippen LogP contribution in [0.4, 0.5) is 0 Å². The second-order valence-electron chi connectivity index (χ2n) is 3.81. The molecule has 0 amide bonds. The Labute approximate surface area is 87.1 Å². The van der Waals surface area contributed by atoms with Gasteiger partial charge < -0.3 is 9.73 Å². The standard InChI is InChI=1S/C10H12N4O/c1-7-2-3-10(15-7)9-6-14(13-12-9)8-4-11-5-8/h2-3,6,8,11H,4-5H2,1H3. The highest BCUT2D eigenvalue weighted by atomic mass is 16.3. The van der Waals surface area contributed by atoms with Gasteiger partial charge in [-0.2, -0.15) is 0 Å². The molecule has 0 radical (unpaired) electrons. The lowest BCUT2D eigenvalue weighted by Gasteiger charge is -2.26. The minimum atomic E-state index is 0.447. The van der Waals surface area contributed by atoms with Crippen molar-refractivity contribution in [3.05, 3.63) is 24.1 Å². The second-order valence-corrected chi connectivity index (χ2v) is 3.81. The van der Waals surface area contributed by atoms with E-state index in [2.05, 4.69) is 15.6 Å². The molecule has 5 nitrogen and oxygen atoms in total. The van der Waals surface area contributed by atoms with Gasteiger partial charge in [0.15, 0.2) is 5.76 Å². The van der Waals surface area contributed by atoms with Crippen molar-refractivity contribution < 1.29 is 4.42 Å². The second kappa shape index (κ2) is 3.20. The van der Waals surface area contributed by atoms with E-state index in [0.717, 1.165) is 30.3 Å². The normalized spacial score (nSPS) is 16.6. The molecule has 0 aliphatic carbocycles. The first-order valence-electron chi connectivity index (χ1n) is 5.02. The van der Waals surface area contributed by atoms with Gasteiger partial charge in [-0.25, -0.2) is 4.68 Å². The van der Waals surface area contributed by atoms with Gasteiger partial charge in [0, 0.05) is 13.1 Å². The molecular formula is C10H12N4O. The zero-order valence-electron chi connectivity index (χ0n) is 8.47. The maximum absolute atomic E-state index is 5.48. The fraction of sp³-hybridized carbons (Fsp3) is 0.400. The summed E-state index contributed by atoms with van der Waals surface area (Å²) in [7, 11) is 0. The molecule has 1 N–H and O–H groups in total. The van der Waals surface area contributed by atoms with Gasteiger partial charge in [-0.3, -0.25) is 0 Å². The van der Waals surface area contributed by atoms with Crippen LogP contribution in [0.5, 0.6) is 0 Å². The fourth-order valence-corrected chi connectivity index (χ4v) is 1.60. The van der Waals surface area contributed by atoms with Crippen molar-refractivity contribution in [2.24, 2.45) is 0 Å². The van der Waals surface area contributed by atoms with Crippen molar-refractivity contribution in [1.29, 1.82) is 0 Å². The van der Waals surface area contributed by atoms with Gasteiger partial charge >= 0.3 is 0 Å². The van der Waals surface area contributed by atoms with E-state index in [1.54, 1.807) is 0 Å². The summed E-state index contributed by atoms with van der Waals surface area (Å²) in [6, 6.07) is 4.30. The Morgan fingerprint density at radius 1 is 1.47 bits per heavy atom. The average Bonchev–Trinajstić information content (AvgIpc) is 2.70. The molecule has 1 aliphatic heterocycles. The molecule has 78 valence electrons. The monoisotopic (exact) mass is 204 g/mol. The number of nitrogens with zero attached hydrogens (tertiary/aromatic N) is 3. The van der Waals surface area contributed by atoms with E-state index in [4.69, 9.17) is 4.42 Å². The van der Waals surface area contributed by atoms with E-state index < -0.39 is 0 Å². The average molecular weight is 204 g/mol. The molecule has 2 aromatic heterocycles. The summed E-state index contributed by atoms with van der Waals surface area (Å²) in [6.07, 6.45) is 1.93. The molecule has 5 heteroatoms. The summed E-state index contributed by atoms with van der Waals surface area (Å²) in [5, 5.41) is 11.4. The summed E-state index contributed by atoms with van der Waals surface area (Å²) in [6.45, 7) is 3.86. The number of hydrogen-bond acceptors (Lipinski definition) is 4. The highest BCUT2D eigenvalue weighted by Crippen LogP contribution is 2.20. The zero-order valence-corrected chi connectivity index (χ0v) is 8.47. The van der Waals surface area contributed by atoms with Gasteiger partial charge in [0.2, 0.25) is 0 Å². The predicted molar refractivity (Wildman–Crippen MR) is 54.4 cm³/mol. The van der Waals surface area contributed by atoms with Crippen molar-refractivity contribution >= 4 is 0 Å². The number of aromatic nitrogens is 3. The number of hydrogen-bond donors (Lipinski definition) is 1. The van der Waals surface area contributed by atoms with Crippen molar-refractivity contribution in [3.63, 3.8) is 0 Å². The van der Waals surface area contributed by atoms with Crippen molar-refractivity contribution in [1.82, 2.24) is 20.3 Å². The molecule has 0 aromatic carbocycles. The van der Waals surface area contributed by atoms with Crippen molar-refractivity contribution in [2.45, 2.75) is 13.0 Å². The van der Waals surface area contributed by atoms with E-state index in [1.807, 2.05) is 29.9 Å². The molecule has 0 atom stereocenters. The summed E-state index contributed by atoms with van der Waals surface area (Å²) >= 11 is 0. The maximum Gasteiger partial charge on any atom is 0.156 e. The van der Waals surface area contributed by atoms with E-state index in [1.165, 1.54) is 0 Å². The number of nitrogens with one attached hydrogen (secondary N) is 1. The van der Waals surface area contributed by atoms with Gasteiger partial charge in [0.25, 0.3) is 0 Å². The van der Waals surface area contributed by atoms with Crippen molar-refractivity contribution in [2.75, 3.05) is 13.1 Å². The van der Waals surface area contributed by atoms with Crippen LogP contribution in [0.1, 0.15) is 11.8 Å². The Hall–Kier alpha value is -1.62.